The number of halogens is 2. The first kappa shape index (κ1) is 14.0. The van der Waals surface area contributed by atoms with Gasteiger partial charge in [-0.15, -0.1) is 0 Å². The molecule has 4 N–H and O–H groups in total. The summed E-state index contributed by atoms with van der Waals surface area (Å²) >= 11 is 0. The fourth-order valence-corrected chi connectivity index (χ4v) is 1.21. The number of amides is 2. The van der Waals surface area contributed by atoms with Gasteiger partial charge in [-0.2, -0.15) is 0 Å². The minimum Gasteiger partial charge on any atom is -0.366 e. The van der Waals surface area contributed by atoms with Crippen molar-refractivity contribution >= 4 is 17.5 Å². The minimum absolute atomic E-state index is 0.294. The lowest BCUT2D eigenvalue weighted by Gasteiger charge is -2.12. The molecule has 0 saturated heterocycles. The summed E-state index contributed by atoms with van der Waals surface area (Å²) in [6.07, 6.45) is 0. The summed E-state index contributed by atoms with van der Waals surface area (Å²) in [6.45, 7) is 1.56. The molecule has 0 heterocycles. The van der Waals surface area contributed by atoms with E-state index in [1.807, 2.05) is 0 Å². The van der Waals surface area contributed by atoms with Crippen LogP contribution in [-0.4, -0.2) is 24.9 Å². The highest BCUT2D eigenvalue weighted by molar-refractivity contribution is 5.98. The maximum atomic E-state index is 13.4. The first-order chi connectivity index (χ1) is 8.36. The smallest absolute Gasteiger partial charge is 0.251 e. The molecule has 5 nitrogen and oxygen atoms in total. The summed E-state index contributed by atoms with van der Waals surface area (Å²) in [4.78, 5) is 22.4. The summed E-state index contributed by atoms with van der Waals surface area (Å²) in [6, 6.07) is 0.805. The first-order valence-corrected chi connectivity index (χ1v) is 5.13. The van der Waals surface area contributed by atoms with Crippen molar-refractivity contribution in [3.05, 3.63) is 29.3 Å². The predicted molar refractivity (Wildman–Crippen MR) is 62.0 cm³/mol. The van der Waals surface area contributed by atoms with Crippen LogP contribution in [0.4, 0.5) is 14.5 Å². The number of rotatable bonds is 4. The van der Waals surface area contributed by atoms with Gasteiger partial charge < -0.3 is 16.4 Å². The van der Waals surface area contributed by atoms with Crippen molar-refractivity contribution < 1.29 is 18.4 Å². The molecule has 1 aromatic rings. The van der Waals surface area contributed by atoms with Crippen LogP contribution in [0.1, 0.15) is 17.3 Å². The van der Waals surface area contributed by atoms with Gasteiger partial charge in [0.2, 0.25) is 5.91 Å². The zero-order chi connectivity index (χ0) is 13.9. The summed E-state index contributed by atoms with van der Waals surface area (Å²) in [5.41, 5.74) is 4.15. The highest BCUT2D eigenvalue weighted by Crippen LogP contribution is 2.19. The molecule has 1 unspecified atom stereocenters. The quantitative estimate of drug-likeness (QED) is 0.739. The number of benzene rings is 1. The summed E-state index contributed by atoms with van der Waals surface area (Å²) in [7, 11) is 1.56. The normalized spacial score (nSPS) is 12.0. The number of carbonyl (C=O) groups is 2. The van der Waals surface area contributed by atoms with Gasteiger partial charge in [-0.05, 0) is 20.0 Å². The number of primary amides is 1. The Hall–Kier alpha value is -2.02. The fourth-order valence-electron chi connectivity index (χ4n) is 1.21. The van der Waals surface area contributed by atoms with E-state index >= 15 is 0 Å². The topological polar surface area (TPSA) is 84.2 Å². The molecule has 1 atom stereocenters. The summed E-state index contributed by atoms with van der Waals surface area (Å²) < 4.78 is 26.6. The van der Waals surface area contributed by atoms with Crippen LogP contribution in [0.5, 0.6) is 0 Å². The molecule has 7 heteroatoms. The first-order valence-electron chi connectivity index (χ1n) is 5.13. The van der Waals surface area contributed by atoms with Crippen molar-refractivity contribution in [2.45, 2.75) is 13.0 Å². The van der Waals surface area contributed by atoms with Gasteiger partial charge in [0.25, 0.3) is 5.91 Å². The zero-order valence-corrected chi connectivity index (χ0v) is 9.88. The number of carbonyl (C=O) groups excluding carboxylic acids is 2. The van der Waals surface area contributed by atoms with E-state index in [1.165, 1.54) is 0 Å². The molecule has 1 aromatic carbocycles. The maximum Gasteiger partial charge on any atom is 0.251 e. The molecule has 2 amide bonds. The van der Waals surface area contributed by atoms with Crippen molar-refractivity contribution in [3.63, 3.8) is 0 Å². The Kier molecular flexibility index (Phi) is 4.33. The van der Waals surface area contributed by atoms with E-state index in [0.29, 0.717) is 6.07 Å². The van der Waals surface area contributed by atoms with Gasteiger partial charge in [0.1, 0.15) is 11.6 Å². The number of likely N-dealkylation sites (N-methyl/N-ethyl adjacent to an activating group) is 1. The number of anilines is 1. The van der Waals surface area contributed by atoms with Gasteiger partial charge in [-0.25, -0.2) is 8.78 Å². The zero-order valence-electron chi connectivity index (χ0n) is 9.88. The Morgan fingerprint density at radius 1 is 1.28 bits per heavy atom. The van der Waals surface area contributed by atoms with Crippen LogP contribution in [-0.2, 0) is 4.79 Å². The summed E-state index contributed by atoms with van der Waals surface area (Å²) in [5, 5.41) is 4.89. The molecular weight excluding hydrogens is 244 g/mol. The third-order valence-corrected chi connectivity index (χ3v) is 2.41. The maximum absolute atomic E-state index is 13.4. The monoisotopic (exact) mass is 257 g/mol. The average Bonchev–Trinajstić information content (AvgIpc) is 2.30. The van der Waals surface area contributed by atoms with E-state index in [0.717, 1.165) is 6.07 Å². The Bertz CT molecular complexity index is 491. The van der Waals surface area contributed by atoms with Crippen molar-refractivity contribution in [3.8, 4) is 0 Å². The average molecular weight is 257 g/mol. The van der Waals surface area contributed by atoms with Gasteiger partial charge in [0, 0.05) is 6.07 Å². The highest BCUT2D eigenvalue weighted by atomic mass is 19.1. The van der Waals surface area contributed by atoms with E-state index < -0.39 is 35.1 Å². The van der Waals surface area contributed by atoms with Gasteiger partial charge in [-0.3, -0.25) is 9.59 Å². The molecule has 0 spiro atoms. The van der Waals surface area contributed by atoms with E-state index in [1.54, 1.807) is 14.0 Å². The van der Waals surface area contributed by atoms with Gasteiger partial charge in [0.05, 0.1) is 17.3 Å². The third-order valence-electron chi connectivity index (χ3n) is 2.41. The Labute approximate surface area is 102 Å². The highest BCUT2D eigenvalue weighted by Gasteiger charge is 2.17. The number of hydrogen-bond acceptors (Lipinski definition) is 3. The summed E-state index contributed by atoms with van der Waals surface area (Å²) in [5.74, 6) is -3.60. The van der Waals surface area contributed by atoms with Crippen LogP contribution >= 0.6 is 0 Å². The van der Waals surface area contributed by atoms with E-state index in [9.17, 15) is 18.4 Å². The van der Waals surface area contributed by atoms with Crippen molar-refractivity contribution in [1.82, 2.24) is 5.32 Å². The molecule has 0 aliphatic rings. The molecule has 18 heavy (non-hydrogen) atoms. The lowest BCUT2D eigenvalue weighted by molar-refractivity contribution is -0.117. The molecule has 98 valence electrons. The minimum atomic E-state index is -1.07. The van der Waals surface area contributed by atoms with Crippen LogP contribution < -0.4 is 16.4 Å². The standard InChI is InChI=1S/C11H13F2N3O2/c1-5(15-2)11(18)16-9-3-6(10(14)17)7(12)4-8(9)13/h3-5,15H,1-2H3,(H2,14,17)(H,16,18). The van der Waals surface area contributed by atoms with Crippen molar-refractivity contribution in [2.75, 3.05) is 12.4 Å². The molecule has 1 rings (SSSR count). The fraction of sp³-hybridized carbons (Fsp3) is 0.273. The van der Waals surface area contributed by atoms with Crippen LogP contribution in [0, 0.1) is 11.6 Å². The number of nitrogens with two attached hydrogens (primary N) is 1. The van der Waals surface area contributed by atoms with E-state index in [2.05, 4.69) is 10.6 Å². The number of nitrogens with one attached hydrogen (secondary N) is 2. The predicted octanol–water partition coefficient (Wildman–Crippen LogP) is 0.610. The molecule has 0 aliphatic heterocycles. The third kappa shape index (κ3) is 3.01. The van der Waals surface area contributed by atoms with Gasteiger partial charge >= 0.3 is 0 Å². The Balaban J connectivity index is 3.06. The van der Waals surface area contributed by atoms with Crippen LogP contribution in [0.2, 0.25) is 0 Å². The lowest BCUT2D eigenvalue weighted by atomic mass is 10.1. The largest absolute Gasteiger partial charge is 0.366 e. The van der Waals surface area contributed by atoms with Crippen molar-refractivity contribution in [1.29, 1.82) is 0 Å². The Morgan fingerprint density at radius 2 is 1.89 bits per heavy atom. The molecular formula is C11H13F2N3O2. The van der Waals surface area contributed by atoms with Gasteiger partial charge in [0.15, 0.2) is 0 Å². The number of hydrogen-bond donors (Lipinski definition) is 3. The van der Waals surface area contributed by atoms with Crippen LogP contribution in [0.25, 0.3) is 0 Å². The van der Waals surface area contributed by atoms with E-state index in [4.69, 9.17) is 5.73 Å². The molecule has 0 aliphatic carbocycles. The van der Waals surface area contributed by atoms with E-state index in [-0.39, 0.29) is 5.69 Å². The second-order valence-electron chi connectivity index (χ2n) is 3.68. The van der Waals surface area contributed by atoms with Crippen LogP contribution in [0.3, 0.4) is 0 Å². The molecule has 0 saturated carbocycles. The lowest BCUT2D eigenvalue weighted by Crippen LogP contribution is -2.35. The molecule has 0 fully saturated rings. The molecule has 0 bridgehead atoms. The SMILES string of the molecule is CNC(C)C(=O)Nc1cc(C(N)=O)c(F)cc1F. The van der Waals surface area contributed by atoms with Crippen LogP contribution in [0.15, 0.2) is 12.1 Å². The Morgan fingerprint density at radius 3 is 2.39 bits per heavy atom. The second kappa shape index (κ2) is 5.54. The van der Waals surface area contributed by atoms with Crippen molar-refractivity contribution in [2.24, 2.45) is 5.73 Å². The van der Waals surface area contributed by atoms with Gasteiger partial charge in [-0.1, -0.05) is 0 Å². The second-order valence-corrected chi connectivity index (χ2v) is 3.68. The molecule has 0 radical (unpaired) electrons. The molecule has 0 aromatic heterocycles.